The van der Waals surface area contributed by atoms with Gasteiger partial charge in [0.2, 0.25) is 5.91 Å². The second-order valence-electron chi connectivity index (χ2n) is 6.62. The number of urea groups is 1. The maximum Gasteiger partial charge on any atom is 0.319 e. The SMILES string of the molecule is CN(C)C(=O)N1CC[C@@]2(C1)CN(c1cccnc1)C(=O)CN2C. The van der Waals surface area contributed by atoms with Crippen molar-refractivity contribution in [2.45, 2.75) is 12.0 Å². The average molecular weight is 317 g/mol. The molecule has 0 aromatic carbocycles. The molecular formula is C16H23N5O2. The first kappa shape index (κ1) is 15.7. The zero-order chi connectivity index (χ0) is 16.6. The molecule has 2 aliphatic rings. The van der Waals surface area contributed by atoms with Crippen LogP contribution in [0.3, 0.4) is 0 Å². The van der Waals surface area contributed by atoms with Crippen molar-refractivity contribution in [2.24, 2.45) is 0 Å². The number of hydrogen-bond donors (Lipinski definition) is 0. The lowest BCUT2D eigenvalue weighted by molar-refractivity contribution is -0.123. The minimum atomic E-state index is -0.185. The molecule has 7 nitrogen and oxygen atoms in total. The molecule has 0 radical (unpaired) electrons. The molecule has 0 bridgehead atoms. The molecule has 1 aromatic rings. The van der Waals surface area contributed by atoms with Gasteiger partial charge < -0.3 is 14.7 Å². The summed E-state index contributed by atoms with van der Waals surface area (Å²) in [6.07, 6.45) is 4.29. The third kappa shape index (κ3) is 2.76. The van der Waals surface area contributed by atoms with Gasteiger partial charge in [0, 0.05) is 39.9 Å². The average Bonchev–Trinajstić information content (AvgIpc) is 2.96. The summed E-state index contributed by atoms with van der Waals surface area (Å²) in [7, 11) is 5.51. The van der Waals surface area contributed by atoms with Crippen LogP contribution in [-0.2, 0) is 4.79 Å². The third-order valence-corrected chi connectivity index (χ3v) is 4.88. The number of amides is 3. The Morgan fingerprint density at radius 1 is 1.35 bits per heavy atom. The number of piperazine rings is 1. The van der Waals surface area contributed by atoms with Crippen LogP contribution >= 0.6 is 0 Å². The van der Waals surface area contributed by atoms with Crippen LogP contribution in [0.4, 0.5) is 10.5 Å². The predicted molar refractivity (Wildman–Crippen MR) is 87.2 cm³/mol. The molecule has 3 amide bonds. The van der Waals surface area contributed by atoms with Crippen LogP contribution in [0.1, 0.15) is 6.42 Å². The molecule has 2 fully saturated rings. The van der Waals surface area contributed by atoms with Gasteiger partial charge in [-0.15, -0.1) is 0 Å². The molecule has 2 saturated heterocycles. The van der Waals surface area contributed by atoms with Crippen molar-refractivity contribution in [1.29, 1.82) is 0 Å². The highest BCUT2D eigenvalue weighted by atomic mass is 16.2. The number of carbonyl (C=O) groups is 2. The van der Waals surface area contributed by atoms with Gasteiger partial charge >= 0.3 is 6.03 Å². The topological polar surface area (TPSA) is 60.0 Å². The van der Waals surface area contributed by atoms with Gasteiger partial charge in [0.1, 0.15) is 0 Å². The highest BCUT2D eigenvalue weighted by molar-refractivity contribution is 5.95. The monoisotopic (exact) mass is 317 g/mol. The van der Waals surface area contributed by atoms with Crippen molar-refractivity contribution in [2.75, 3.05) is 52.2 Å². The fraction of sp³-hybridized carbons (Fsp3) is 0.562. The Bertz CT molecular complexity index is 606. The zero-order valence-corrected chi connectivity index (χ0v) is 13.9. The normalized spacial score (nSPS) is 25.3. The van der Waals surface area contributed by atoms with Crippen molar-refractivity contribution in [3.05, 3.63) is 24.5 Å². The summed E-state index contributed by atoms with van der Waals surface area (Å²) < 4.78 is 0. The van der Waals surface area contributed by atoms with Crippen LogP contribution in [0, 0.1) is 0 Å². The molecular weight excluding hydrogens is 294 g/mol. The fourth-order valence-corrected chi connectivity index (χ4v) is 3.45. The summed E-state index contributed by atoms with van der Waals surface area (Å²) in [5.74, 6) is 0.0727. The van der Waals surface area contributed by atoms with Gasteiger partial charge in [-0.2, -0.15) is 0 Å². The third-order valence-electron chi connectivity index (χ3n) is 4.88. The van der Waals surface area contributed by atoms with Gasteiger partial charge in [-0.25, -0.2) is 4.79 Å². The Morgan fingerprint density at radius 2 is 2.13 bits per heavy atom. The van der Waals surface area contributed by atoms with Gasteiger partial charge in [0.25, 0.3) is 0 Å². The lowest BCUT2D eigenvalue weighted by Gasteiger charge is -2.46. The van der Waals surface area contributed by atoms with E-state index in [4.69, 9.17) is 0 Å². The number of hydrogen-bond acceptors (Lipinski definition) is 4. The molecule has 1 aromatic heterocycles. The molecule has 124 valence electrons. The van der Waals surface area contributed by atoms with E-state index < -0.39 is 0 Å². The summed E-state index contributed by atoms with van der Waals surface area (Å²) >= 11 is 0. The summed E-state index contributed by atoms with van der Waals surface area (Å²) in [6, 6.07) is 3.77. The van der Waals surface area contributed by atoms with Gasteiger partial charge in [0.15, 0.2) is 0 Å². The second kappa shape index (κ2) is 5.81. The summed E-state index contributed by atoms with van der Waals surface area (Å²) in [5, 5.41) is 0. The largest absolute Gasteiger partial charge is 0.331 e. The van der Waals surface area contributed by atoms with E-state index in [1.807, 2.05) is 24.1 Å². The Kier molecular flexibility index (Phi) is 3.97. The molecule has 2 aliphatic heterocycles. The van der Waals surface area contributed by atoms with Crippen LogP contribution in [0.2, 0.25) is 0 Å². The van der Waals surface area contributed by atoms with Crippen LogP contribution in [0.5, 0.6) is 0 Å². The van der Waals surface area contributed by atoms with Crippen LogP contribution in [-0.4, -0.2) is 84.5 Å². The van der Waals surface area contributed by atoms with Gasteiger partial charge in [-0.05, 0) is 25.6 Å². The lowest BCUT2D eigenvalue weighted by Crippen LogP contribution is -2.64. The minimum absolute atomic E-state index is 0.0279. The number of likely N-dealkylation sites (tertiary alicyclic amines) is 1. The second-order valence-corrected chi connectivity index (χ2v) is 6.62. The van der Waals surface area contributed by atoms with E-state index in [1.54, 1.807) is 36.3 Å². The van der Waals surface area contributed by atoms with E-state index in [2.05, 4.69) is 9.88 Å². The zero-order valence-electron chi connectivity index (χ0n) is 13.9. The van der Waals surface area contributed by atoms with E-state index in [1.165, 1.54) is 0 Å². The van der Waals surface area contributed by atoms with E-state index in [9.17, 15) is 9.59 Å². The van der Waals surface area contributed by atoms with E-state index in [0.717, 1.165) is 18.7 Å². The van der Waals surface area contributed by atoms with Gasteiger partial charge in [-0.1, -0.05) is 0 Å². The van der Waals surface area contributed by atoms with Crippen molar-refractivity contribution < 1.29 is 9.59 Å². The molecule has 3 rings (SSSR count). The quantitative estimate of drug-likeness (QED) is 0.756. The highest BCUT2D eigenvalue weighted by Gasteiger charge is 2.48. The number of rotatable bonds is 1. The first-order valence-electron chi connectivity index (χ1n) is 7.81. The highest BCUT2D eigenvalue weighted by Crippen LogP contribution is 2.33. The molecule has 23 heavy (non-hydrogen) atoms. The minimum Gasteiger partial charge on any atom is -0.331 e. The Balaban J connectivity index is 1.82. The summed E-state index contributed by atoms with van der Waals surface area (Å²) in [5.41, 5.74) is 0.637. The molecule has 0 N–H and O–H groups in total. The molecule has 7 heteroatoms. The van der Waals surface area contributed by atoms with Crippen LogP contribution in [0.25, 0.3) is 0 Å². The lowest BCUT2D eigenvalue weighted by atomic mass is 9.92. The molecule has 1 spiro atoms. The molecule has 3 heterocycles. The van der Waals surface area contributed by atoms with E-state index in [-0.39, 0.29) is 17.5 Å². The van der Waals surface area contributed by atoms with Gasteiger partial charge in [-0.3, -0.25) is 14.7 Å². The summed E-state index contributed by atoms with van der Waals surface area (Å²) in [6.45, 7) is 2.31. The standard InChI is InChI=1S/C16H23N5O2/c1-18(2)15(23)20-8-6-16(11-20)12-21(14(22)10-19(16)3)13-5-4-7-17-9-13/h4-5,7,9H,6,8,10-12H2,1-3H3/t16-/m1/s1. The first-order chi connectivity index (χ1) is 10.9. The first-order valence-corrected chi connectivity index (χ1v) is 7.81. The number of aromatic nitrogens is 1. The van der Waals surface area contributed by atoms with Crippen molar-refractivity contribution in [3.8, 4) is 0 Å². The summed E-state index contributed by atoms with van der Waals surface area (Å²) in [4.78, 5) is 36.2. The number of anilines is 1. The molecule has 0 unspecified atom stereocenters. The number of nitrogens with zero attached hydrogens (tertiary/aromatic N) is 5. The fourth-order valence-electron chi connectivity index (χ4n) is 3.45. The Morgan fingerprint density at radius 3 is 2.78 bits per heavy atom. The van der Waals surface area contributed by atoms with Crippen molar-refractivity contribution in [1.82, 2.24) is 19.7 Å². The molecule has 1 atom stereocenters. The van der Waals surface area contributed by atoms with Crippen LogP contribution < -0.4 is 4.90 Å². The molecule has 0 aliphatic carbocycles. The Hall–Kier alpha value is -2.15. The smallest absolute Gasteiger partial charge is 0.319 e. The number of carbonyl (C=O) groups excluding carboxylic acids is 2. The van der Waals surface area contributed by atoms with Crippen LogP contribution in [0.15, 0.2) is 24.5 Å². The Labute approximate surface area is 136 Å². The number of likely N-dealkylation sites (N-methyl/N-ethyl adjacent to an activating group) is 1. The number of pyridine rings is 1. The van der Waals surface area contributed by atoms with Gasteiger partial charge in [0.05, 0.1) is 24.0 Å². The van der Waals surface area contributed by atoms with Crippen molar-refractivity contribution in [3.63, 3.8) is 0 Å². The predicted octanol–water partition coefficient (Wildman–Crippen LogP) is 0.486. The molecule has 0 saturated carbocycles. The van der Waals surface area contributed by atoms with E-state index in [0.29, 0.717) is 19.6 Å². The maximum absolute atomic E-state index is 12.4. The van der Waals surface area contributed by atoms with Crippen molar-refractivity contribution >= 4 is 17.6 Å². The maximum atomic E-state index is 12.4. The van der Waals surface area contributed by atoms with E-state index >= 15 is 0 Å².